The highest BCUT2D eigenvalue weighted by Crippen LogP contribution is 2.78. The van der Waals surface area contributed by atoms with Crippen LogP contribution in [0.3, 0.4) is 0 Å². The van der Waals surface area contributed by atoms with Crippen LogP contribution in [-0.2, 0) is 31.8 Å². The molecule has 2 N–H and O–H groups in total. The van der Waals surface area contributed by atoms with Gasteiger partial charge in [-0.05, 0) is 145 Å². The summed E-state index contributed by atoms with van der Waals surface area (Å²) in [5.41, 5.74) is 0.150. The van der Waals surface area contributed by atoms with Crippen molar-refractivity contribution in [3.63, 3.8) is 0 Å². The maximum atomic E-state index is 13.8. The maximum Gasteiger partial charge on any atom is 0.416 e. The van der Waals surface area contributed by atoms with Crippen LogP contribution in [0.1, 0.15) is 150 Å². The van der Waals surface area contributed by atoms with Gasteiger partial charge in [0.2, 0.25) is 5.91 Å². The predicted molar refractivity (Wildman–Crippen MR) is 207 cm³/mol. The Hall–Kier alpha value is -2.84. The molecule has 5 saturated carbocycles. The summed E-state index contributed by atoms with van der Waals surface area (Å²) in [6.45, 7) is 22.6. The number of esters is 1. The lowest BCUT2D eigenvalue weighted by atomic mass is 9.32. The van der Waals surface area contributed by atoms with Crippen LogP contribution >= 0.6 is 0 Å². The molecule has 0 aliphatic heterocycles. The van der Waals surface area contributed by atoms with Gasteiger partial charge in [0.05, 0.1) is 18.4 Å². The number of fused-ring (bicyclic) bond motifs is 7. The monoisotopic (exact) mass is 769 g/mol. The number of amides is 1. The first-order valence-electron chi connectivity index (χ1n) is 20.9. The van der Waals surface area contributed by atoms with Crippen LogP contribution < -0.4 is 5.32 Å². The summed E-state index contributed by atoms with van der Waals surface area (Å²) in [5.74, 6) is 0.730. The zero-order valence-corrected chi connectivity index (χ0v) is 34.6. The molecule has 0 radical (unpaired) electrons. The van der Waals surface area contributed by atoms with Crippen molar-refractivity contribution in [2.24, 2.45) is 62.1 Å². The molecule has 5 fully saturated rings. The Morgan fingerprint density at radius 1 is 0.891 bits per heavy atom. The number of aliphatic carboxylic acids is 1. The number of halogens is 3. The van der Waals surface area contributed by atoms with Gasteiger partial charge in [-0.3, -0.25) is 14.4 Å². The van der Waals surface area contributed by atoms with Crippen molar-refractivity contribution in [2.45, 2.75) is 158 Å². The van der Waals surface area contributed by atoms with Crippen molar-refractivity contribution in [3.8, 4) is 0 Å². The molecule has 1 aromatic rings. The summed E-state index contributed by atoms with van der Waals surface area (Å²) in [6.07, 6.45) is 5.99. The number of rotatable bonds is 10. The molecule has 9 heteroatoms. The van der Waals surface area contributed by atoms with Crippen molar-refractivity contribution in [3.05, 3.63) is 47.5 Å². The highest BCUT2D eigenvalue weighted by atomic mass is 19.4. The molecule has 0 spiro atoms. The third kappa shape index (κ3) is 7.30. The van der Waals surface area contributed by atoms with E-state index in [9.17, 15) is 32.7 Å². The van der Waals surface area contributed by atoms with Crippen molar-refractivity contribution < 1.29 is 37.4 Å². The Morgan fingerprint density at radius 3 is 2.25 bits per heavy atom. The van der Waals surface area contributed by atoms with Gasteiger partial charge in [0, 0.05) is 18.4 Å². The zero-order chi connectivity index (χ0) is 40.6. The van der Waals surface area contributed by atoms with E-state index < -0.39 is 23.1 Å². The Balaban J connectivity index is 1.20. The molecule has 5 aliphatic rings. The molecule has 0 bridgehead atoms. The first-order valence-corrected chi connectivity index (χ1v) is 20.9. The second kappa shape index (κ2) is 14.2. The third-order valence-corrected chi connectivity index (χ3v) is 17.0. The minimum Gasteiger partial charge on any atom is -0.481 e. The van der Waals surface area contributed by atoms with Crippen molar-refractivity contribution in [1.82, 2.24) is 5.32 Å². The highest BCUT2D eigenvalue weighted by molar-refractivity contribution is 5.77. The van der Waals surface area contributed by atoms with Crippen LogP contribution in [0.25, 0.3) is 0 Å². The molecule has 0 aromatic heterocycles. The number of alkyl halides is 3. The van der Waals surface area contributed by atoms with Crippen LogP contribution in [-0.4, -0.2) is 29.1 Å². The minimum absolute atomic E-state index is 0.0766. The lowest BCUT2D eigenvalue weighted by molar-refractivity contribution is -0.250. The predicted octanol–water partition coefficient (Wildman–Crippen LogP) is 11.2. The lowest BCUT2D eigenvalue weighted by Crippen LogP contribution is -2.67. The van der Waals surface area contributed by atoms with Gasteiger partial charge in [-0.2, -0.15) is 13.2 Å². The quantitative estimate of drug-likeness (QED) is 0.183. The van der Waals surface area contributed by atoms with Gasteiger partial charge < -0.3 is 15.2 Å². The standard InChI is InChI=1S/C46H66F3NO5/c1-28(2)31-15-20-45(24-36(51)50-27-29-11-10-12-30(23-29)46(47,48)49)22-21-43(8)32(39(31)45)13-14-34-42(7)18-17-35(41(5,6)33(42)16-19-44(34,43)9)55-38(54)26-40(3,4)25-37(52)53/h10-12,23,31-35,39H,1,13-22,24-27H2,2-9H3,(H,50,51)(H,52,53)/t31-,32+,33?,34?,35?,39?,42-,43+,44+,45+/m0/s1. The fraction of sp³-hybridized carbons (Fsp3) is 0.761. The normalized spacial score (nSPS) is 38.1. The number of carboxylic acid groups (broad SMARTS) is 1. The third-order valence-electron chi connectivity index (χ3n) is 17.0. The number of carbonyl (C=O) groups is 3. The van der Waals surface area contributed by atoms with Crippen molar-refractivity contribution in [2.75, 3.05) is 0 Å². The zero-order valence-electron chi connectivity index (χ0n) is 34.6. The van der Waals surface area contributed by atoms with Crippen molar-refractivity contribution in [1.29, 1.82) is 0 Å². The Labute approximate surface area is 327 Å². The Morgan fingerprint density at radius 2 is 1.60 bits per heavy atom. The molecular formula is C46H66F3NO5. The fourth-order valence-corrected chi connectivity index (χ4v) is 14.3. The van der Waals surface area contributed by atoms with Gasteiger partial charge in [-0.1, -0.05) is 72.8 Å². The Bertz CT molecular complexity index is 1680. The topological polar surface area (TPSA) is 92.7 Å². The summed E-state index contributed by atoms with van der Waals surface area (Å²) in [6, 6.07) is 5.22. The van der Waals surface area contributed by atoms with E-state index >= 15 is 0 Å². The average Bonchev–Trinajstić information content (AvgIpc) is 3.44. The molecule has 10 atom stereocenters. The maximum absolute atomic E-state index is 13.8. The molecule has 4 unspecified atom stereocenters. The van der Waals surface area contributed by atoms with E-state index in [1.807, 2.05) is 13.8 Å². The van der Waals surface area contributed by atoms with Crippen LogP contribution in [0.2, 0.25) is 0 Å². The molecule has 0 heterocycles. The first-order chi connectivity index (χ1) is 25.4. The van der Waals surface area contributed by atoms with Gasteiger partial charge in [-0.15, -0.1) is 0 Å². The number of carbonyl (C=O) groups excluding carboxylic acids is 2. The van der Waals surface area contributed by atoms with E-state index in [1.165, 1.54) is 11.6 Å². The summed E-state index contributed by atoms with van der Waals surface area (Å²) in [5, 5.41) is 12.3. The van der Waals surface area contributed by atoms with E-state index in [1.54, 1.807) is 6.07 Å². The molecular weight excluding hydrogens is 704 g/mol. The number of carboxylic acids is 1. The fourth-order valence-electron chi connectivity index (χ4n) is 14.3. The summed E-state index contributed by atoms with van der Waals surface area (Å²) < 4.78 is 46.3. The second-order valence-electron chi connectivity index (χ2n) is 20.9. The van der Waals surface area contributed by atoms with E-state index in [-0.39, 0.29) is 64.4 Å². The molecule has 5 aliphatic carbocycles. The summed E-state index contributed by atoms with van der Waals surface area (Å²) >= 11 is 0. The van der Waals surface area contributed by atoms with Crippen LogP contribution in [0.5, 0.6) is 0 Å². The van der Waals surface area contributed by atoms with E-state index in [0.29, 0.717) is 41.6 Å². The van der Waals surface area contributed by atoms with Gasteiger partial charge in [0.25, 0.3) is 0 Å². The number of nitrogens with one attached hydrogen (secondary N) is 1. The molecule has 6 nitrogen and oxygen atoms in total. The minimum atomic E-state index is -4.43. The summed E-state index contributed by atoms with van der Waals surface area (Å²) in [7, 11) is 0. The molecule has 306 valence electrons. The van der Waals surface area contributed by atoms with Gasteiger partial charge >= 0.3 is 18.1 Å². The SMILES string of the molecule is C=C(C)[C@@H]1CC[C@]2(CC(=O)NCc3cccc(C(F)(F)F)c3)CC[C@]3(C)[C@H](CCC4[C@@]5(C)CCC(OC(=O)CC(C)(C)CC(=O)O)C(C)(C)C5CC[C@]43C)C12. The average molecular weight is 770 g/mol. The number of allylic oxidation sites excluding steroid dienone is 1. The molecule has 55 heavy (non-hydrogen) atoms. The first kappa shape index (κ1) is 41.8. The second-order valence-corrected chi connectivity index (χ2v) is 20.9. The molecule has 1 aromatic carbocycles. The van der Waals surface area contributed by atoms with Crippen LogP contribution in [0.15, 0.2) is 36.4 Å². The van der Waals surface area contributed by atoms with Crippen molar-refractivity contribution >= 4 is 17.8 Å². The van der Waals surface area contributed by atoms with Gasteiger partial charge in [0.1, 0.15) is 6.10 Å². The van der Waals surface area contributed by atoms with E-state index in [0.717, 1.165) is 76.3 Å². The number of hydrogen-bond acceptors (Lipinski definition) is 4. The van der Waals surface area contributed by atoms with E-state index in [4.69, 9.17) is 4.74 Å². The summed E-state index contributed by atoms with van der Waals surface area (Å²) in [4.78, 5) is 38.4. The van der Waals surface area contributed by atoms with E-state index in [2.05, 4.69) is 53.4 Å². The van der Waals surface area contributed by atoms with Gasteiger partial charge in [0.15, 0.2) is 0 Å². The molecule has 0 saturated heterocycles. The Kier molecular flexibility index (Phi) is 10.8. The van der Waals surface area contributed by atoms with Gasteiger partial charge in [-0.25, -0.2) is 0 Å². The molecule has 6 rings (SSSR count). The van der Waals surface area contributed by atoms with Crippen LogP contribution in [0.4, 0.5) is 13.2 Å². The number of hydrogen-bond donors (Lipinski definition) is 2. The van der Waals surface area contributed by atoms with Crippen LogP contribution in [0, 0.1) is 62.1 Å². The number of ether oxygens (including phenoxy) is 1. The molecule has 1 amide bonds. The number of benzene rings is 1. The largest absolute Gasteiger partial charge is 0.481 e. The highest BCUT2D eigenvalue weighted by Gasteiger charge is 2.71. The lowest BCUT2D eigenvalue weighted by Gasteiger charge is -2.73. The smallest absolute Gasteiger partial charge is 0.416 e.